The van der Waals surface area contributed by atoms with Gasteiger partial charge in [-0.3, -0.25) is 19.8 Å². The van der Waals surface area contributed by atoms with Crippen LogP contribution in [0.3, 0.4) is 0 Å². The van der Waals surface area contributed by atoms with Crippen LogP contribution in [0.2, 0.25) is 0 Å². The molecule has 142 valence electrons. The van der Waals surface area contributed by atoms with Crippen LogP contribution in [0.15, 0.2) is 48.5 Å². The molecule has 1 N–H and O–H groups in total. The van der Waals surface area contributed by atoms with Gasteiger partial charge >= 0.3 is 0 Å². The summed E-state index contributed by atoms with van der Waals surface area (Å²) in [4.78, 5) is 25.2. The minimum atomic E-state index is -0.575. The number of para-hydroxylation sites is 1. The Balaban J connectivity index is 1.77. The summed E-state index contributed by atoms with van der Waals surface area (Å²) in [5, 5.41) is 13.9. The number of nitrogens with one attached hydrogen (secondary N) is 1. The number of halogens is 1. The summed E-state index contributed by atoms with van der Waals surface area (Å²) in [7, 11) is 0. The lowest BCUT2D eigenvalue weighted by atomic mass is 10.0. The van der Waals surface area contributed by atoms with E-state index in [-0.39, 0.29) is 29.7 Å². The van der Waals surface area contributed by atoms with Crippen molar-refractivity contribution in [2.45, 2.75) is 6.04 Å². The van der Waals surface area contributed by atoms with Crippen LogP contribution < -0.4 is 5.32 Å². The smallest absolute Gasteiger partial charge is 0.282 e. The van der Waals surface area contributed by atoms with Gasteiger partial charge in [0.2, 0.25) is 0 Å². The highest BCUT2D eigenvalue weighted by Crippen LogP contribution is 2.23. The summed E-state index contributed by atoms with van der Waals surface area (Å²) >= 11 is 0. The largest absolute Gasteiger partial charge is 0.379 e. The van der Waals surface area contributed by atoms with Crippen molar-refractivity contribution in [3.05, 3.63) is 75.6 Å². The van der Waals surface area contributed by atoms with Crippen molar-refractivity contribution in [3.63, 3.8) is 0 Å². The number of amides is 1. The molecule has 0 unspecified atom stereocenters. The maximum Gasteiger partial charge on any atom is 0.282 e. The molecule has 1 fully saturated rings. The molecular formula is C19H20FN3O4. The van der Waals surface area contributed by atoms with Crippen LogP contribution in [-0.2, 0) is 4.74 Å². The first kappa shape index (κ1) is 18.9. The normalized spacial score (nSPS) is 15.9. The summed E-state index contributed by atoms with van der Waals surface area (Å²) in [5.41, 5.74) is 0.642. The number of nitro benzene ring substituents is 1. The zero-order chi connectivity index (χ0) is 19.2. The molecule has 0 bridgehead atoms. The number of nitrogens with zero attached hydrogens (tertiary/aromatic N) is 2. The molecule has 2 aromatic rings. The van der Waals surface area contributed by atoms with Crippen molar-refractivity contribution >= 4 is 11.6 Å². The second-order valence-electron chi connectivity index (χ2n) is 6.20. The molecule has 0 aliphatic carbocycles. The van der Waals surface area contributed by atoms with Gasteiger partial charge < -0.3 is 10.1 Å². The molecule has 1 heterocycles. The molecule has 2 aromatic carbocycles. The van der Waals surface area contributed by atoms with E-state index in [0.717, 1.165) is 5.56 Å². The maximum atomic E-state index is 13.3. The van der Waals surface area contributed by atoms with Crippen molar-refractivity contribution in [1.29, 1.82) is 0 Å². The average Bonchev–Trinajstić information content (AvgIpc) is 2.70. The summed E-state index contributed by atoms with van der Waals surface area (Å²) in [6.07, 6.45) is 0. The molecule has 1 aliphatic rings. The van der Waals surface area contributed by atoms with E-state index >= 15 is 0 Å². The minimum absolute atomic E-state index is 0.0160. The topological polar surface area (TPSA) is 84.7 Å². The Morgan fingerprint density at radius 3 is 2.52 bits per heavy atom. The second kappa shape index (κ2) is 8.70. The fourth-order valence-corrected chi connectivity index (χ4v) is 3.14. The maximum absolute atomic E-state index is 13.3. The number of rotatable bonds is 6. The first-order chi connectivity index (χ1) is 13.1. The van der Waals surface area contributed by atoms with E-state index in [4.69, 9.17) is 4.74 Å². The first-order valence-electron chi connectivity index (χ1n) is 8.65. The van der Waals surface area contributed by atoms with E-state index in [9.17, 15) is 19.3 Å². The fourth-order valence-electron chi connectivity index (χ4n) is 3.14. The van der Waals surface area contributed by atoms with Gasteiger partial charge in [-0.2, -0.15) is 0 Å². The third kappa shape index (κ3) is 4.66. The van der Waals surface area contributed by atoms with Crippen LogP contribution in [0.25, 0.3) is 0 Å². The summed E-state index contributed by atoms with van der Waals surface area (Å²) in [6, 6.07) is 11.8. The third-order valence-electron chi connectivity index (χ3n) is 4.54. The Bertz CT molecular complexity index is 807. The zero-order valence-electron chi connectivity index (χ0n) is 14.6. The Morgan fingerprint density at radius 2 is 1.85 bits per heavy atom. The van der Waals surface area contributed by atoms with E-state index in [2.05, 4.69) is 10.2 Å². The number of ether oxygens (including phenoxy) is 1. The lowest BCUT2D eigenvalue weighted by molar-refractivity contribution is -0.385. The van der Waals surface area contributed by atoms with Crippen molar-refractivity contribution in [1.82, 2.24) is 10.2 Å². The van der Waals surface area contributed by atoms with Crippen LogP contribution >= 0.6 is 0 Å². The van der Waals surface area contributed by atoms with Crippen molar-refractivity contribution in [2.24, 2.45) is 0 Å². The number of hydrogen-bond donors (Lipinski definition) is 1. The zero-order valence-corrected chi connectivity index (χ0v) is 14.6. The van der Waals surface area contributed by atoms with Gasteiger partial charge in [0.1, 0.15) is 11.4 Å². The van der Waals surface area contributed by atoms with Gasteiger partial charge in [0.15, 0.2) is 0 Å². The lowest BCUT2D eigenvalue weighted by Crippen LogP contribution is -2.43. The molecule has 1 atom stereocenters. The van der Waals surface area contributed by atoms with Gasteiger partial charge in [-0.05, 0) is 23.8 Å². The Labute approximate surface area is 155 Å². The number of carbonyl (C=O) groups excluding carboxylic acids is 1. The van der Waals surface area contributed by atoms with Gasteiger partial charge in [0.25, 0.3) is 11.6 Å². The third-order valence-corrected chi connectivity index (χ3v) is 4.54. The summed E-state index contributed by atoms with van der Waals surface area (Å²) < 4.78 is 18.7. The molecule has 0 spiro atoms. The standard InChI is InChI=1S/C19H20FN3O4/c20-15-7-5-14(6-8-15)18(22-9-11-27-12-10-22)13-21-19(24)16-3-1-2-4-17(16)23(25)26/h1-8,18H,9-13H2,(H,21,24)/t18-/m0/s1. The van der Waals surface area contributed by atoms with Crippen LogP contribution in [0.5, 0.6) is 0 Å². The molecule has 0 aromatic heterocycles. The van der Waals surface area contributed by atoms with E-state index in [1.807, 2.05) is 0 Å². The fraction of sp³-hybridized carbons (Fsp3) is 0.316. The molecule has 3 rings (SSSR count). The summed E-state index contributed by atoms with van der Waals surface area (Å²) in [5.74, 6) is -0.842. The average molecular weight is 373 g/mol. The van der Waals surface area contributed by atoms with Crippen LogP contribution in [0.4, 0.5) is 10.1 Å². The Kier molecular flexibility index (Phi) is 6.10. The Morgan fingerprint density at radius 1 is 1.19 bits per heavy atom. The highest BCUT2D eigenvalue weighted by atomic mass is 19.1. The van der Waals surface area contributed by atoms with Gasteiger partial charge in [-0.25, -0.2) is 4.39 Å². The van der Waals surface area contributed by atoms with Gasteiger partial charge in [-0.15, -0.1) is 0 Å². The summed E-state index contributed by atoms with van der Waals surface area (Å²) in [6.45, 7) is 2.77. The number of benzene rings is 2. The lowest BCUT2D eigenvalue weighted by Gasteiger charge is -2.35. The quantitative estimate of drug-likeness (QED) is 0.621. The molecule has 27 heavy (non-hydrogen) atoms. The van der Waals surface area contributed by atoms with Crippen molar-refractivity contribution in [3.8, 4) is 0 Å². The molecule has 1 saturated heterocycles. The number of carbonyl (C=O) groups is 1. The molecule has 1 aliphatic heterocycles. The SMILES string of the molecule is O=C(NC[C@@H](c1ccc(F)cc1)N1CCOCC1)c1ccccc1[N+](=O)[O-]. The van der Waals surface area contributed by atoms with Gasteiger partial charge in [-0.1, -0.05) is 24.3 Å². The van der Waals surface area contributed by atoms with Gasteiger partial charge in [0.05, 0.1) is 24.2 Å². The van der Waals surface area contributed by atoms with E-state index in [1.165, 1.54) is 30.3 Å². The number of hydrogen-bond acceptors (Lipinski definition) is 5. The highest BCUT2D eigenvalue weighted by molar-refractivity contribution is 5.98. The van der Waals surface area contributed by atoms with Crippen LogP contribution in [0, 0.1) is 15.9 Å². The first-order valence-corrected chi connectivity index (χ1v) is 8.65. The second-order valence-corrected chi connectivity index (χ2v) is 6.20. The predicted octanol–water partition coefficient (Wildman–Crippen LogP) is 2.54. The predicted molar refractivity (Wildman–Crippen MR) is 97.0 cm³/mol. The van der Waals surface area contributed by atoms with Crippen molar-refractivity contribution in [2.75, 3.05) is 32.8 Å². The molecule has 1 amide bonds. The molecule has 0 saturated carbocycles. The van der Waals surface area contributed by atoms with Gasteiger partial charge in [0, 0.05) is 25.7 Å². The Hall–Kier alpha value is -2.84. The van der Waals surface area contributed by atoms with Crippen molar-refractivity contribution < 1.29 is 18.8 Å². The molecule has 8 heteroatoms. The van der Waals surface area contributed by atoms with Crippen LogP contribution in [0.1, 0.15) is 22.0 Å². The minimum Gasteiger partial charge on any atom is -0.379 e. The van der Waals surface area contributed by atoms with E-state index in [1.54, 1.807) is 18.2 Å². The van der Waals surface area contributed by atoms with E-state index < -0.39 is 10.8 Å². The number of morpholine rings is 1. The molecule has 0 radical (unpaired) electrons. The van der Waals surface area contributed by atoms with E-state index in [0.29, 0.717) is 26.3 Å². The molecule has 7 nitrogen and oxygen atoms in total. The molecular weight excluding hydrogens is 353 g/mol. The monoisotopic (exact) mass is 373 g/mol. The number of nitro groups is 1. The highest BCUT2D eigenvalue weighted by Gasteiger charge is 2.25. The van der Waals surface area contributed by atoms with Crippen LogP contribution in [-0.4, -0.2) is 48.6 Å².